The van der Waals surface area contributed by atoms with Gasteiger partial charge < -0.3 is 14.7 Å². The molecule has 2 saturated heterocycles. The summed E-state index contributed by atoms with van der Waals surface area (Å²) in [5.74, 6) is 0.334. The molecule has 2 aromatic carbocycles. The Morgan fingerprint density at radius 1 is 1.00 bits per heavy atom. The number of hydrogen-bond donors (Lipinski definition) is 1. The van der Waals surface area contributed by atoms with E-state index in [0.717, 1.165) is 38.2 Å². The zero-order valence-electron chi connectivity index (χ0n) is 14.8. The Morgan fingerprint density at radius 2 is 1.69 bits per heavy atom. The minimum absolute atomic E-state index is 0.0355. The van der Waals surface area contributed by atoms with Crippen molar-refractivity contribution in [1.29, 1.82) is 0 Å². The Hall–Kier alpha value is -2.37. The summed E-state index contributed by atoms with van der Waals surface area (Å²) >= 11 is 0. The highest BCUT2D eigenvalue weighted by molar-refractivity contribution is 5.95. The number of aromatic hydroxyl groups is 1. The van der Waals surface area contributed by atoms with Crippen LogP contribution in [0.15, 0.2) is 54.6 Å². The molecule has 0 atom stereocenters. The Kier molecular flexibility index (Phi) is 4.66. The molecule has 1 amide bonds. The molecule has 0 aliphatic carbocycles. The highest BCUT2D eigenvalue weighted by Crippen LogP contribution is 2.33. The number of ether oxygens (including phenoxy) is 1. The first kappa shape index (κ1) is 17.1. The van der Waals surface area contributed by atoms with E-state index in [-0.39, 0.29) is 18.1 Å². The van der Waals surface area contributed by atoms with Crippen LogP contribution in [0.25, 0.3) is 0 Å². The minimum Gasteiger partial charge on any atom is -0.508 e. The number of carbonyl (C=O) groups excluding carboxylic acids is 1. The van der Waals surface area contributed by atoms with E-state index in [4.69, 9.17) is 4.74 Å². The lowest BCUT2D eigenvalue weighted by Crippen LogP contribution is -2.58. The van der Waals surface area contributed by atoms with Gasteiger partial charge in [0.25, 0.3) is 5.91 Å². The highest BCUT2D eigenvalue weighted by Gasteiger charge is 2.42. The minimum atomic E-state index is -0.241. The maximum absolute atomic E-state index is 12.3. The summed E-state index contributed by atoms with van der Waals surface area (Å²) in [4.78, 5) is 16.6. The summed E-state index contributed by atoms with van der Waals surface area (Å²) in [5.41, 5.74) is 1.91. The van der Waals surface area contributed by atoms with Crippen LogP contribution in [0, 0.1) is 0 Å². The largest absolute Gasteiger partial charge is 0.508 e. The van der Waals surface area contributed by atoms with Crippen molar-refractivity contribution < 1.29 is 14.6 Å². The first-order valence-electron chi connectivity index (χ1n) is 9.13. The van der Waals surface area contributed by atoms with E-state index in [2.05, 4.69) is 4.90 Å². The van der Waals surface area contributed by atoms with Gasteiger partial charge in [0, 0.05) is 25.3 Å². The van der Waals surface area contributed by atoms with E-state index in [9.17, 15) is 9.90 Å². The summed E-state index contributed by atoms with van der Waals surface area (Å²) in [6.45, 7) is 3.54. The van der Waals surface area contributed by atoms with Crippen molar-refractivity contribution in [2.24, 2.45) is 0 Å². The molecule has 4 rings (SSSR count). The topological polar surface area (TPSA) is 53.0 Å². The molecule has 0 bridgehead atoms. The molecule has 136 valence electrons. The Balaban J connectivity index is 1.40. The number of phenolic OH excluding ortho intramolecular Hbond substituents is 1. The van der Waals surface area contributed by atoms with Gasteiger partial charge in [-0.1, -0.05) is 30.3 Å². The molecule has 0 unspecified atom stereocenters. The molecule has 2 aliphatic rings. The van der Waals surface area contributed by atoms with Crippen molar-refractivity contribution >= 4 is 11.6 Å². The van der Waals surface area contributed by atoms with Crippen LogP contribution >= 0.6 is 0 Å². The molecule has 2 aliphatic heterocycles. The monoisotopic (exact) mass is 352 g/mol. The van der Waals surface area contributed by atoms with Crippen LogP contribution in [0.2, 0.25) is 0 Å². The number of nitrogens with zero attached hydrogens (tertiary/aromatic N) is 2. The van der Waals surface area contributed by atoms with Crippen molar-refractivity contribution in [3.05, 3.63) is 60.2 Å². The van der Waals surface area contributed by atoms with Crippen molar-refractivity contribution in [3.8, 4) is 5.75 Å². The smallest absolute Gasteiger partial charge is 0.253 e. The number of phenols is 1. The van der Waals surface area contributed by atoms with Crippen LogP contribution in [0.1, 0.15) is 18.4 Å². The van der Waals surface area contributed by atoms with E-state index in [0.29, 0.717) is 12.3 Å². The fourth-order valence-corrected chi connectivity index (χ4v) is 3.84. The molecular weight excluding hydrogens is 328 g/mol. The molecule has 0 aromatic heterocycles. The maximum atomic E-state index is 12.3. The van der Waals surface area contributed by atoms with Gasteiger partial charge in [0.15, 0.2) is 0 Å². The number of likely N-dealkylation sites (tertiary alicyclic amines) is 1. The summed E-state index contributed by atoms with van der Waals surface area (Å²) in [5, 5.41) is 9.41. The Labute approximate surface area is 153 Å². The maximum Gasteiger partial charge on any atom is 0.253 e. The van der Waals surface area contributed by atoms with Crippen LogP contribution in [-0.4, -0.2) is 47.8 Å². The molecular formula is C21H24N2O3. The number of hydrogen-bond acceptors (Lipinski definition) is 4. The number of para-hydroxylation sites is 1. The number of benzene rings is 2. The van der Waals surface area contributed by atoms with Crippen molar-refractivity contribution in [2.45, 2.75) is 25.0 Å². The van der Waals surface area contributed by atoms with Gasteiger partial charge in [-0.3, -0.25) is 9.69 Å². The summed E-state index contributed by atoms with van der Waals surface area (Å²) in [6.07, 6.45) is 1.84. The molecule has 2 heterocycles. The second-order valence-corrected chi connectivity index (χ2v) is 7.23. The predicted octanol–water partition coefficient (Wildman–Crippen LogP) is 2.79. The first-order valence-corrected chi connectivity index (χ1v) is 9.13. The van der Waals surface area contributed by atoms with E-state index in [1.165, 1.54) is 5.56 Å². The molecule has 0 radical (unpaired) electrons. The van der Waals surface area contributed by atoms with Crippen molar-refractivity contribution in [2.75, 3.05) is 31.1 Å². The molecule has 1 N–H and O–H groups in total. The highest BCUT2D eigenvalue weighted by atomic mass is 16.5. The van der Waals surface area contributed by atoms with E-state index in [1.54, 1.807) is 12.1 Å². The van der Waals surface area contributed by atoms with Gasteiger partial charge >= 0.3 is 0 Å². The Bertz CT molecular complexity index is 753. The van der Waals surface area contributed by atoms with Crippen LogP contribution in [0.3, 0.4) is 0 Å². The predicted molar refractivity (Wildman–Crippen MR) is 100 cm³/mol. The molecule has 1 spiro atoms. The fourth-order valence-electron chi connectivity index (χ4n) is 3.84. The third-order valence-electron chi connectivity index (χ3n) is 5.43. The number of piperidine rings is 1. The quantitative estimate of drug-likeness (QED) is 0.923. The average Bonchev–Trinajstić information content (AvgIpc) is 2.68. The summed E-state index contributed by atoms with van der Waals surface area (Å²) in [6, 6.07) is 17.2. The van der Waals surface area contributed by atoms with Crippen LogP contribution in [0.4, 0.5) is 5.69 Å². The third-order valence-corrected chi connectivity index (χ3v) is 5.43. The van der Waals surface area contributed by atoms with E-state index >= 15 is 0 Å². The molecule has 5 heteroatoms. The van der Waals surface area contributed by atoms with E-state index in [1.807, 2.05) is 47.4 Å². The van der Waals surface area contributed by atoms with E-state index < -0.39 is 0 Å². The van der Waals surface area contributed by atoms with Gasteiger partial charge in [-0.05, 0) is 42.7 Å². The standard InChI is InChI=1S/C21H24N2O3/c24-19-8-6-17(7-9-19)14-22-12-10-21(11-13-22)16-23(20(25)15-26-21)18-4-2-1-3-5-18/h1-9,24H,10-16H2. The number of carbonyl (C=O) groups is 1. The normalized spacial score (nSPS) is 20.5. The van der Waals surface area contributed by atoms with Gasteiger partial charge in [-0.25, -0.2) is 0 Å². The van der Waals surface area contributed by atoms with Gasteiger partial charge in [0.1, 0.15) is 12.4 Å². The zero-order chi connectivity index (χ0) is 18.0. The number of morpholine rings is 1. The lowest BCUT2D eigenvalue weighted by Gasteiger charge is -2.47. The Morgan fingerprint density at radius 3 is 2.38 bits per heavy atom. The SMILES string of the molecule is O=C1COC2(CCN(Cc3ccc(O)cc3)CC2)CN1c1ccccc1. The third kappa shape index (κ3) is 3.59. The van der Waals surface area contributed by atoms with Crippen LogP contribution < -0.4 is 4.90 Å². The summed E-state index contributed by atoms with van der Waals surface area (Å²) in [7, 11) is 0. The van der Waals surface area contributed by atoms with Crippen LogP contribution in [0.5, 0.6) is 5.75 Å². The van der Waals surface area contributed by atoms with Gasteiger partial charge in [0.2, 0.25) is 0 Å². The van der Waals surface area contributed by atoms with Crippen molar-refractivity contribution in [1.82, 2.24) is 4.90 Å². The first-order chi connectivity index (χ1) is 12.6. The molecule has 2 fully saturated rings. The zero-order valence-corrected chi connectivity index (χ0v) is 14.8. The fraction of sp³-hybridized carbons (Fsp3) is 0.381. The molecule has 5 nitrogen and oxygen atoms in total. The average molecular weight is 352 g/mol. The van der Waals surface area contributed by atoms with Gasteiger partial charge in [-0.15, -0.1) is 0 Å². The van der Waals surface area contributed by atoms with Gasteiger partial charge in [0.05, 0.1) is 12.1 Å². The number of amides is 1. The van der Waals surface area contributed by atoms with Crippen molar-refractivity contribution in [3.63, 3.8) is 0 Å². The van der Waals surface area contributed by atoms with Crippen LogP contribution in [-0.2, 0) is 16.1 Å². The molecule has 26 heavy (non-hydrogen) atoms. The number of rotatable bonds is 3. The second kappa shape index (κ2) is 7.09. The second-order valence-electron chi connectivity index (χ2n) is 7.23. The number of anilines is 1. The molecule has 0 saturated carbocycles. The molecule has 2 aromatic rings. The lowest BCUT2D eigenvalue weighted by molar-refractivity contribution is -0.144. The summed E-state index contributed by atoms with van der Waals surface area (Å²) < 4.78 is 6.03. The van der Waals surface area contributed by atoms with Gasteiger partial charge in [-0.2, -0.15) is 0 Å². The lowest BCUT2D eigenvalue weighted by atomic mass is 9.88.